The van der Waals surface area contributed by atoms with Crippen LogP contribution in [0.2, 0.25) is 0 Å². The standard InChI is InChI=1S/C24H33N3O7/c1-7-11-16-19(24(30)31-6)14(5)25-20(16)23(29)27-26-22(28)15-12-17(32-8-2)21(34-10-4)18(13-15)33-9-3/h12-13,25H,7-11H2,1-6H3,(H,26,28)(H,27,29). The summed E-state index contributed by atoms with van der Waals surface area (Å²) in [6.07, 6.45) is 1.19. The topological polar surface area (TPSA) is 128 Å². The largest absolute Gasteiger partial charge is 0.490 e. The maximum atomic E-state index is 12.9. The summed E-state index contributed by atoms with van der Waals surface area (Å²) in [5, 5.41) is 0. The zero-order valence-electron chi connectivity index (χ0n) is 20.5. The molecule has 0 spiro atoms. The van der Waals surface area contributed by atoms with Crippen molar-refractivity contribution in [2.24, 2.45) is 0 Å². The second kappa shape index (κ2) is 12.5. The van der Waals surface area contributed by atoms with E-state index in [0.717, 1.165) is 0 Å². The lowest BCUT2D eigenvalue weighted by Gasteiger charge is -2.17. The van der Waals surface area contributed by atoms with Gasteiger partial charge >= 0.3 is 5.97 Å². The molecule has 0 saturated heterocycles. The SMILES string of the molecule is CCCc1c(C(=O)NNC(=O)c2cc(OCC)c(OCC)c(OCC)c2)[nH]c(C)c1C(=O)OC. The Morgan fingerprint density at radius 1 is 0.882 bits per heavy atom. The summed E-state index contributed by atoms with van der Waals surface area (Å²) >= 11 is 0. The lowest BCUT2D eigenvalue weighted by Crippen LogP contribution is -2.42. The van der Waals surface area contributed by atoms with Gasteiger partial charge in [-0.05, 0) is 51.8 Å². The first kappa shape index (κ1) is 26.6. The van der Waals surface area contributed by atoms with E-state index < -0.39 is 17.8 Å². The predicted octanol–water partition coefficient (Wildman–Crippen LogP) is 3.33. The lowest BCUT2D eigenvalue weighted by molar-refractivity contribution is 0.0598. The van der Waals surface area contributed by atoms with Gasteiger partial charge in [0.05, 0.1) is 32.5 Å². The number of ether oxygens (including phenoxy) is 4. The minimum atomic E-state index is -0.587. The van der Waals surface area contributed by atoms with Gasteiger partial charge in [-0.1, -0.05) is 13.3 Å². The molecule has 1 heterocycles. The second-order valence-electron chi connectivity index (χ2n) is 7.23. The monoisotopic (exact) mass is 475 g/mol. The first-order valence-electron chi connectivity index (χ1n) is 11.3. The Labute approximate surface area is 199 Å². The molecule has 0 fully saturated rings. The van der Waals surface area contributed by atoms with Crippen LogP contribution in [0.4, 0.5) is 0 Å². The van der Waals surface area contributed by atoms with Gasteiger partial charge in [0, 0.05) is 11.3 Å². The van der Waals surface area contributed by atoms with Gasteiger partial charge in [0.1, 0.15) is 5.69 Å². The number of aryl methyl sites for hydroxylation is 1. The van der Waals surface area contributed by atoms with Crippen LogP contribution in [0.15, 0.2) is 12.1 Å². The van der Waals surface area contributed by atoms with Gasteiger partial charge < -0.3 is 23.9 Å². The fraction of sp³-hybridized carbons (Fsp3) is 0.458. The van der Waals surface area contributed by atoms with Crippen LogP contribution in [0.3, 0.4) is 0 Å². The van der Waals surface area contributed by atoms with Gasteiger partial charge in [-0.25, -0.2) is 4.79 Å². The molecule has 186 valence electrons. The second-order valence-corrected chi connectivity index (χ2v) is 7.23. The van der Waals surface area contributed by atoms with E-state index in [1.54, 1.807) is 6.92 Å². The Kier molecular flexibility index (Phi) is 9.78. The number of hydrogen-bond acceptors (Lipinski definition) is 7. The molecule has 0 aliphatic carbocycles. The van der Waals surface area contributed by atoms with Gasteiger partial charge in [0.25, 0.3) is 11.8 Å². The molecule has 2 rings (SSSR count). The summed E-state index contributed by atoms with van der Waals surface area (Å²) in [7, 11) is 1.29. The molecule has 34 heavy (non-hydrogen) atoms. The van der Waals surface area contributed by atoms with Gasteiger partial charge in [-0.15, -0.1) is 0 Å². The number of benzene rings is 1. The van der Waals surface area contributed by atoms with E-state index in [-0.39, 0.29) is 11.3 Å². The number of carbonyl (C=O) groups is 3. The van der Waals surface area contributed by atoms with Crippen molar-refractivity contribution in [3.05, 3.63) is 40.2 Å². The highest BCUT2D eigenvalue weighted by molar-refractivity contribution is 6.02. The van der Waals surface area contributed by atoms with Gasteiger partial charge in [0.15, 0.2) is 11.5 Å². The van der Waals surface area contributed by atoms with Gasteiger partial charge in [0.2, 0.25) is 5.75 Å². The summed E-state index contributed by atoms with van der Waals surface area (Å²) in [5.74, 6) is -0.558. The van der Waals surface area contributed by atoms with Crippen LogP contribution in [0.1, 0.15) is 76.6 Å². The number of carbonyl (C=O) groups excluding carboxylic acids is 3. The number of H-pyrrole nitrogens is 1. The zero-order valence-corrected chi connectivity index (χ0v) is 20.5. The highest BCUT2D eigenvalue weighted by Gasteiger charge is 2.25. The molecule has 2 aromatic rings. The molecule has 10 nitrogen and oxygen atoms in total. The number of hydrazine groups is 1. The van der Waals surface area contributed by atoms with Crippen molar-refractivity contribution in [1.29, 1.82) is 0 Å². The van der Waals surface area contributed by atoms with E-state index in [4.69, 9.17) is 18.9 Å². The summed E-state index contributed by atoms with van der Waals surface area (Å²) in [5.41, 5.74) is 6.59. The average molecular weight is 476 g/mol. The fourth-order valence-electron chi connectivity index (χ4n) is 3.52. The number of esters is 1. The molecular weight excluding hydrogens is 442 g/mol. The summed E-state index contributed by atoms with van der Waals surface area (Å²) in [6.45, 7) is 10.2. The van der Waals surface area contributed by atoms with Crippen molar-refractivity contribution >= 4 is 17.8 Å². The third kappa shape index (κ3) is 6.00. The molecule has 0 bridgehead atoms. The number of methoxy groups -OCH3 is 1. The molecule has 0 aliphatic rings. The third-order valence-electron chi connectivity index (χ3n) is 4.87. The summed E-state index contributed by atoms with van der Waals surface area (Å²) < 4.78 is 21.8. The Morgan fingerprint density at radius 2 is 1.44 bits per heavy atom. The van der Waals surface area contributed by atoms with Gasteiger partial charge in [-0.3, -0.25) is 20.4 Å². The average Bonchev–Trinajstić information content (AvgIpc) is 3.15. The van der Waals surface area contributed by atoms with Crippen LogP contribution in [-0.2, 0) is 11.2 Å². The van der Waals surface area contributed by atoms with E-state index in [1.807, 2.05) is 27.7 Å². The molecule has 2 amide bonds. The number of aromatic nitrogens is 1. The van der Waals surface area contributed by atoms with Crippen molar-refractivity contribution < 1.29 is 33.3 Å². The molecule has 0 atom stereocenters. The molecule has 0 radical (unpaired) electrons. The third-order valence-corrected chi connectivity index (χ3v) is 4.87. The molecule has 1 aromatic heterocycles. The van der Waals surface area contributed by atoms with Crippen molar-refractivity contribution in [1.82, 2.24) is 15.8 Å². The first-order valence-corrected chi connectivity index (χ1v) is 11.3. The number of rotatable bonds is 11. The Bertz CT molecular complexity index is 1000. The Hall–Kier alpha value is -3.69. The van der Waals surface area contributed by atoms with E-state index in [9.17, 15) is 14.4 Å². The smallest absolute Gasteiger partial charge is 0.339 e. The highest BCUT2D eigenvalue weighted by atomic mass is 16.5. The minimum absolute atomic E-state index is 0.191. The van der Waals surface area contributed by atoms with Crippen LogP contribution in [0.5, 0.6) is 17.2 Å². The van der Waals surface area contributed by atoms with E-state index >= 15 is 0 Å². The first-order chi connectivity index (χ1) is 16.3. The maximum Gasteiger partial charge on any atom is 0.339 e. The van der Waals surface area contributed by atoms with Crippen LogP contribution >= 0.6 is 0 Å². The molecule has 0 saturated carbocycles. The van der Waals surface area contributed by atoms with Crippen molar-refractivity contribution in [2.45, 2.75) is 47.5 Å². The van der Waals surface area contributed by atoms with Crippen LogP contribution in [0.25, 0.3) is 0 Å². The minimum Gasteiger partial charge on any atom is -0.490 e. The Balaban J connectivity index is 2.29. The number of aromatic amines is 1. The predicted molar refractivity (Wildman–Crippen MR) is 126 cm³/mol. The van der Waals surface area contributed by atoms with Gasteiger partial charge in [-0.2, -0.15) is 0 Å². The molecule has 0 aliphatic heterocycles. The molecule has 1 aromatic carbocycles. The zero-order chi connectivity index (χ0) is 25.3. The molecule has 3 N–H and O–H groups in total. The van der Waals surface area contributed by atoms with Crippen molar-refractivity contribution in [3.8, 4) is 17.2 Å². The normalized spacial score (nSPS) is 10.4. The van der Waals surface area contributed by atoms with Crippen molar-refractivity contribution in [3.63, 3.8) is 0 Å². The van der Waals surface area contributed by atoms with Crippen LogP contribution in [0, 0.1) is 6.92 Å². The number of amides is 2. The summed E-state index contributed by atoms with van der Waals surface area (Å²) in [4.78, 5) is 40.8. The molecular formula is C24H33N3O7. The molecule has 0 unspecified atom stereocenters. The fourth-order valence-corrected chi connectivity index (χ4v) is 3.52. The number of hydrogen-bond donors (Lipinski definition) is 3. The quantitative estimate of drug-likeness (QED) is 0.336. The Morgan fingerprint density at radius 3 is 1.94 bits per heavy atom. The van der Waals surface area contributed by atoms with E-state index in [2.05, 4.69) is 15.8 Å². The lowest BCUT2D eigenvalue weighted by atomic mass is 10.0. The number of nitrogens with one attached hydrogen (secondary N) is 3. The highest BCUT2D eigenvalue weighted by Crippen LogP contribution is 2.39. The van der Waals surface area contributed by atoms with Crippen LogP contribution < -0.4 is 25.1 Å². The van der Waals surface area contributed by atoms with E-state index in [0.29, 0.717) is 66.7 Å². The van der Waals surface area contributed by atoms with Crippen LogP contribution in [-0.4, -0.2) is 49.7 Å². The summed E-state index contributed by atoms with van der Waals surface area (Å²) in [6, 6.07) is 3.05. The van der Waals surface area contributed by atoms with Crippen molar-refractivity contribution in [2.75, 3.05) is 26.9 Å². The van der Waals surface area contributed by atoms with E-state index in [1.165, 1.54) is 19.2 Å². The molecule has 10 heteroatoms. The maximum absolute atomic E-state index is 12.9.